The van der Waals surface area contributed by atoms with Crippen LogP contribution in [0.4, 0.5) is 21.8 Å². The first kappa shape index (κ1) is 23.2. The Labute approximate surface area is 203 Å². The quantitative estimate of drug-likeness (QED) is 0.290. The Bertz CT molecular complexity index is 1060. The van der Waals surface area contributed by atoms with Crippen molar-refractivity contribution in [1.29, 1.82) is 0 Å². The van der Waals surface area contributed by atoms with Crippen LogP contribution in [-0.4, -0.2) is 47.8 Å². The van der Waals surface area contributed by atoms with Crippen LogP contribution in [0.25, 0.3) is 0 Å². The Morgan fingerprint density at radius 3 is 2.39 bits per heavy atom. The fourth-order valence-corrected chi connectivity index (χ4v) is 4.12. The number of hydrogen-bond donors (Lipinski definition) is 2. The first-order valence-corrected chi connectivity index (χ1v) is 11.7. The van der Waals surface area contributed by atoms with Crippen LogP contribution in [0.2, 0.25) is 5.15 Å². The monoisotopic (exact) mass is 484 g/mol. The minimum atomic E-state index is -0.221. The molecule has 2 aromatic carbocycles. The van der Waals surface area contributed by atoms with E-state index in [9.17, 15) is 4.39 Å². The summed E-state index contributed by atoms with van der Waals surface area (Å²) in [5.41, 5.74) is 2.32. The molecule has 172 valence electrons. The first-order valence-electron chi connectivity index (χ1n) is 11.0. The lowest BCUT2D eigenvalue weighted by molar-refractivity contribution is 0.626. The third kappa shape index (κ3) is 6.76. The maximum Gasteiger partial charge on any atom is 0.232 e. The van der Waals surface area contributed by atoms with E-state index in [1.807, 2.05) is 6.07 Å². The molecular formula is C24H26ClFN6S. The summed E-state index contributed by atoms with van der Waals surface area (Å²) in [6, 6.07) is 18.7. The lowest BCUT2D eigenvalue weighted by atomic mass is 10.1. The second kappa shape index (κ2) is 11.2. The van der Waals surface area contributed by atoms with Crippen molar-refractivity contribution in [1.82, 2.24) is 15.3 Å². The van der Waals surface area contributed by atoms with Gasteiger partial charge in [0.05, 0.1) is 0 Å². The Kier molecular flexibility index (Phi) is 7.91. The van der Waals surface area contributed by atoms with Gasteiger partial charge in [0.1, 0.15) is 16.8 Å². The number of aromatic nitrogens is 2. The number of thiocarbonyl (C=S) groups is 1. The topological polar surface area (TPSA) is 56.3 Å². The van der Waals surface area contributed by atoms with E-state index in [4.69, 9.17) is 23.8 Å². The molecule has 0 bridgehead atoms. The highest BCUT2D eigenvalue weighted by Crippen LogP contribution is 2.22. The van der Waals surface area contributed by atoms with Crippen molar-refractivity contribution in [3.05, 3.63) is 77.2 Å². The van der Waals surface area contributed by atoms with E-state index in [0.717, 1.165) is 50.4 Å². The van der Waals surface area contributed by atoms with Gasteiger partial charge in [-0.15, -0.1) is 0 Å². The Balaban J connectivity index is 1.26. The van der Waals surface area contributed by atoms with E-state index in [-0.39, 0.29) is 5.82 Å². The van der Waals surface area contributed by atoms with Crippen molar-refractivity contribution in [3.63, 3.8) is 0 Å². The summed E-state index contributed by atoms with van der Waals surface area (Å²) in [5.74, 6) is 0.935. The molecule has 2 heterocycles. The molecule has 9 heteroatoms. The largest absolute Gasteiger partial charge is 0.368 e. The number of para-hydroxylation sites is 1. The number of piperazine rings is 1. The molecular weight excluding hydrogens is 459 g/mol. The summed E-state index contributed by atoms with van der Waals surface area (Å²) < 4.78 is 13.0. The molecule has 0 atom stereocenters. The zero-order valence-electron chi connectivity index (χ0n) is 18.2. The van der Waals surface area contributed by atoms with Crippen molar-refractivity contribution in [2.45, 2.75) is 12.8 Å². The molecule has 1 fully saturated rings. The summed E-state index contributed by atoms with van der Waals surface area (Å²) >= 11 is 11.6. The Hall–Kier alpha value is -2.97. The SMILES string of the molecule is Fc1ccc(CCCNC(=S)Nc2nc(Cl)cc(N3CCN(c4ccccc4)CC3)n2)cc1. The highest BCUT2D eigenvalue weighted by molar-refractivity contribution is 7.80. The van der Waals surface area contributed by atoms with Crippen molar-refractivity contribution in [2.24, 2.45) is 0 Å². The molecule has 2 N–H and O–H groups in total. The van der Waals surface area contributed by atoms with Crippen LogP contribution in [0.1, 0.15) is 12.0 Å². The minimum Gasteiger partial charge on any atom is -0.368 e. The van der Waals surface area contributed by atoms with Crippen LogP contribution in [0.5, 0.6) is 0 Å². The summed E-state index contributed by atoms with van der Waals surface area (Å²) in [5, 5.41) is 7.00. The van der Waals surface area contributed by atoms with Crippen LogP contribution >= 0.6 is 23.8 Å². The number of nitrogens with one attached hydrogen (secondary N) is 2. The molecule has 1 aromatic heterocycles. The zero-order valence-corrected chi connectivity index (χ0v) is 19.7. The normalized spacial score (nSPS) is 13.6. The maximum atomic E-state index is 13.0. The van der Waals surface area contributed by atoms with Crippen molar-refractivity contribution in [3.8, 4) is 0 Å². The predicted octanol–water partition coefficient (Wildman–Crippen LogP) is 4.51. The van der Waals surface area contributed by atoms with E-state index >= 15 is 0 Å². The molecule has 0 amide bonds. The van der Waals surface area contributed by atoms with E-state index in [1.165, 1.54) is 17.8 Å². The first-order chi connectivity index (χ1) is 16.1. The van der Waals surface area contributed by atoms with Gasteiger partial charge >= 0.3 is 0 Å². The molecule has 1 aliphatic heterocycles. The highest BCUT2D eigenvalue weighted by atomic mass is 35.5. The lowest BCUT2D eigenvalue weighted by Gasteiger charge is -2.36. The molecule has 0 spiro atoms. The average molecular weight is 485 g/mol. The van der Waals surface area contributed by atoms with Crippen LogP contribution < -0.4 is 20.4 Å². The number of aryl methyl sites for hydroxylation is 1. The van der Waals surface area contributed by atoms with Gasteiger partial charge < -0.3 is 20.4 Å². The summed E-state index contributed by atoms with van der Waals surface area (Å²) in [6.45, 7) is 4.17. The van der Waals surface area contributed by atoms with Crippen LogP contribution in [0.15, 0.2) is 60.7 Å². The van der Waals surface area contributed by atoms with Crippen LogP contribution in [0, 0.1) is 5.82 Å². The van der Waals surface area contributed by atoms with Gasteiger partial charge in [-0.2, -0.15) is 4.98 Å². The molecule has 1 aliphatic rings. The number of anilines is 3. The molecule has 1 saturated heterocycles. The molecule has 0 radical (unpaired) electrons. The molecule has 0 aliphatic carbocycles. The smallest absolute Gasteiger partial charge is 0.232 e. The second-order valence-corrected chi connectivity index (χ2v) is 8.59. The fourth-order valence-electron chi connectivity index (χ4n) is 3.75. The number of halogens is 2. The van der Waals surface area contributed by atoms with E-state index in [2.05, 4.69) is 54.7 Å². The zero-order chi connectivity index (χ0) is 23.0. The third-order valence-electron chi connectivity index (χ3n) is 5.47. The Morgan fingerprint density at radius 1 is 0.970 bits per heavy atom. The molecule has 3 aromatic rings. The molecule has 33 heavy (non-hydrogen) atoms. The molecule has 0 unspecified atom stereocenters. The van der Waals surface area contributed by atoms with Crippen molar-refractivity contribution < 1.29 is 4.39 Å². The number of nitrogens with zero attached hydrogens (tertiary/aromatic N) is 4. The van der Waals surface area contributed by atoms with Gasteiger partial charge in [0.15, 0.2) is 5.11 Å². The van der Waals surface area contributed by atoms with Gasteiger partial charge in [-0.1, -0.05) is 41.9 Å². The summed E-state index contributed by atoms with van der Waals surface area (Å²) in [6.07, 6.45) is 1.70. The molecule has 6 nitrogen and oxygen atoms in total. The summed E-state index contributed by atoms with van der Waals surface area (Å²) in [7, 11) is 0. The lowest BCUT2D eigenvalue weighted by Crippen LogP contribution is -2.46. The van der Waals surface area contributed by atoms with E-state index in [0.29, 0.717) is 22.8 Å². The Morgan fingerprint density at radius 2 is 1.67 bits per heavy atom. The number of rotatable bonds is 7. The van der Waals surface area contributed by atoms with Gasteiger partial charge in [0, 0.05) is 44.5 Å². The third-order valence-corrected chi connectivity index (χ3v) is 5.91. The van der Waals surface area contributed by atoms with Crippen molar-refractivity contribution in [2.75, 3.05) is 47.8 Å². The number of benzene rings is 2. The van der Waals surface area contributed by atoms with Crippen LogP contribution in [-0.2, 0) is 6.42 Å². The van der Waals surface area contributed by atoms with Gasteiger partial charge in [0.2, 0.25) is 5.95 Å². The van der Waals surface area contributed by atoms with Gasteiger partial charge in [-0.25, -0.2) is 9.37 Å². The molecule has 0 saturated carbocycles. The van der Waals surface area contributed by atoms with Gasteiger partial charge in [0.25, 0.3) is 0 Å². The number of hydrogen-bond acceptors (Lipinski definition) is 5. The fraction of sp³-hybridized carbons (Fsp3) is 0.292. The second-order valence-electron chi connectivity index (χ2n) is 7.79. The molecule has 4 rings (SSSR count). The summed E-state index contributed by atoms with van der Waals surface area (Å²) in [4.78, 5) is 13.4. The highest BCUT2D eigenvalue weighted by Gasteiger charge is 2.19. The van der Waals surface area contributed by atoms with E-state index in [1.54, 1.807) is 18.2 Å². The average Bonchev–Trinajstić information content (AvgIpc) is 2.83. The van der Waals surface area contributed by atoms with Crippen molar-refractivity contribution >= 4 is 46.4 Å². The van der Waals surface area contributed by atoms with Crippen LogP contribution in [0.3, 0.4) is 0 Å². The van der Waals surface area contributed by atoms with Gasteiger partial charge in [-0.05, 0) is 54.9 Å². The van der Waals surface area contributed by atoms with Gasteiger partial charge in [-0.3, -0.25) is 0 Å². The predicted molar refractivity (Wildman–Crippen MR) is 137 cm³/mol. The minimum absolute atomic E-state index is 0.221. The standard InChI is InChI=1S/C24H26ClFN6S/c25-21-17-22(32-15-13-31(14-16-32)20-6-2-1-3-7-20)29-23(28-21)30-24(33)27-12-4-5-18-8-10-19(26)11-9-18/h1-3,6-11,17H,4-5,12-16H2,(H2,27,28,29,30,33). The van der Waals surface area contributed by atoms with E-state index < -0.39 is 0 Å². The maximum absolute atomic E-state index is 13.0.